The van der Waals surface area contributed by atoms with Gasteiger partial charge in [-0.15, -0.1) is 0 Å². The van der Waals surface area contributed by atoms with Crippen LogP contribution in [0, 0.1) is 12.8 Å². The number of rotatable bonds is 5. The van der Waals surface area contributed by atoms with Crippen molar-refractivity contribution >= 4 is 11.8 Å². The van der Waals surface area contributed by atoms with Gasteiger partial charge in [-0.25, -0.2) is 0 Å². The van der Waals surface area contributed by atoms with E-state index in [1.54, 1.807) is 11.1 Å². The maximum atomic E-state index is 12.6. The number of carbonyl (C=O) groups is 2. The summed E-state index contributed by atoms with van der Waals surface area (Å²) in [5.41, 5.74) is 6.81. The maximum absolute atomic E-state index is 12.6. The number of aromatic nitrogens is 2. The van der Waals surface area contributed by atoms with Gasteiger partial charge in [-0.3, -0.25) is 14.3 Å². The van der Waals surface area contributed by atoms with E-state index in [1.165, 1.54) is 0 Å². The van der Waals surface area contributed by atoms with Gasteiger partial charge in [0, 0.05) is 18.8 Å². The molecule has 21 heavy (non-hydrogen) atoms. The largest absolute Gasteiger partial charge is 0.368 e. The van der Waals surface area contributed by atoms with Crippen molar-refractivity contribution in [1.82, 2.24) is 14.7 Å². The molecule has 1 aliphatic rings. The van der Waals surface area contributed by atoms with E-state index in [0.717, 1.165) is 25.1 Å². The lowest BCUT2D eigenvalue weighted by atomic mass is 10.1. The summed E-state index contributed by atoms with van der Waals surface area (Å²) in [5.74, 6) is 0.0286. The normalized spacial score (nSPS) is 18.5. The first-order valence-corrected chi connectivity index (χ1v) is 7.54. The van der Waals surface area contributed by atoms with E-state index in [4.69, 9.17) is 5.73 Å². The van der Waals surface area contributed by atoms with Crippen LogP contribution in [-0.4, -0.2) is 39.1 Å². The minimum absolute atomic E-state index is 0.135. The molecule has 2 N–H and O–H groups in total. The topological polar surface area (TPSA) is 81.2 Å². The molecule has 1 aromatic rings. The van der Waals surface area contributed by atoms with Crippen LogP contribution < -0.4 is 5.73 Å². The van der Waals surface area contributed by atoms with E-state index in [-0.39, 0.29) is 5.91 Å². The standard InChI is InChI=1S/C15H24N4O2/c1-10(2)6-8-19-11(3)12(9-17-19)15(21)18-7-4-5-13(18)14(16)20/h9-10,13H,4-8H2,1-3H3,(H2,16,20)/t13-/m1/s1. The SMILES string of the molecule is Cc1c(C(=O)N2CCC[C@@H]2C(N)=O)cnn1CCC(C)C. The molecular formula is C15H24N4O2. The minimum Gasteiger partial charge on any atom is -0.368 e. The van der Waals surface area contributed by atoms with Gasteiger partial charge < -0.3 is 10.6 Å². The van der Waals surface area contributed by atoms with E-state index >= 15 is 0 Å². The molecule has 2 amide bonds. The first-order valence-electron chi connectivity index (χ1n) is 7.54. The van der Waals surface area contributed by atoms with Gasteiger partial charge in [0.1, 0.15) is 6.04 Å². The highest BCUT2D eigenvalue weighted by molar-refractivity contribution is 5.98. The zero-order valence-electron chi connectivity index (χ0n) is 13.0. The van der Waals surface area contributed by atoms with Gasteiger partial charge in [-0.05, 0) is 32.1 Å². The first-order chi connectivity index (χ1) is 9.91. The summed E-state index contributed by atoms with van der Waals surface area (Å²) in [6.07, 6.45) is 4.10. The lowest BCUT2D eigenvalue weighted by Crippen LogP contribution is -2.43. The van der Waals surface area contributed by atoms with Gasteiger partial charge in [0.05, 0.1) is 11.8 Å². The average Bonchev–Trinajstić information content (AvgIpc) is 3.02. The van der Waals surface area contributed by atoms with Crippen LogP contribution in [0.15, 0.2) is 6.20 Å². The molecule has 0 unspecified atom stereocenters. The van der Waals surface area contributed by atoms with Crippen molar-refractivity contribution < 1.29 is 9.59 Å². The molecular weight excluding hydrogens is 268 g/mol. The molecule has 0 aromatic carbocycles. The van der Waals surface area contributed by atoms with Gasteiger partial charge in [-0.1, -0.05) is 13.8 Å². The molecule has 2 heterocycles. The lowest BCUT2D eigenvalue weighted by molar-refractivity contribution is -0.121. The zero-order chi connectivity index (χ0) is 15.6. The van der Waals surface area contributed by atoms with Gasteiger partial charge in [0.2, 0.25) is 5.91 Å². The number of hydrogen-bond donors (Lipinski definition) is 1. The predicted octanol–water partition coefficient (Wildman–Crippen LogP) is 1.33. The third-order valence-electron chi connectivity index (χ3n) is 4.09. The Balaban J connectivity index is 2.14. The fraction of sp³-hybridized carbons (Fsp3) is 0.667. The van der Waals surface area contributed by atoms with Crippen LogP contribution in [0.1, 0.15) is 49.2 Å². The Labute approximate surface area is 125 Å². The van der Waals surface area contributed by atoms with Crippen molar-refractivity contribution in [2.75, 3.05) is 6.54 Å². The molecule has 0 radical (unpaired) electrons. The van der Waals surface area contributed by atoms with E-state index in [1.807, 2.05) is 11.6 Å². The third-order valence-corrected chi connectivity index (χ3v) is 4.09. The molecule has 1 atom stereocenters. The summed E-state index contributed by atoms with van der Waals surface area (Å²) < 4.78 is 1.86. The Bertz CT molecular complexity index is 536. The zero-order valence-corrected chi connectivity index (χ0v) is 13.0. The van der Waals surface area contributed by atoms with E-state index in [2.05, 4.69) is 18.9 Å². The Morgan fingerprint density at radius 2 is 2.19 bits per heavy atom. The lowest BCUT2D eigenvalue weighted by Gasteiger charge is -2.21. The molecule has 0 saturated carbocycles. The van der Waals surface area contributed by atoms with Gasteiger partial charge in [0.15, 0.2) is 0 Å². The molecule has 1 aromatic heterocycles. The molecule has 116 valence electrons. The van der Waals surface area contributed by atoms with Crippen molar-refractivity contribution in [2.45, 2.75) is 52.6 Å². The van der Waals surface area contributed by atoms with Gasteiger partial charge >= 0.3 is 0 Å². The number of likely N-dealkylation sites (tertiary alicyclic amines) is 1. The number of carbonyl (C=O) groups excluding carboxylic acids is 2. The van der Waals surface area contributed by atoms with Crippen LogP contribution >= 0.6 is 0 Å². The summed E-state index contributed by atoms with van der Waals surface area (Å²) in [5, 5.41) is 4.30. The van der Waals surface area contributed by atoms with E-state index in [0.29, 0.717) is 24.4 Å². The van der Waals surface area contributed by atoms with Crippen molar-refractivity contribution in [3.63, 3.8) is 0 Å². The monoisotopic (exact) mass is 292 g/mol. The predicted molar refractivity (Wildman–Crippen MR) is 79.7 cm³/mol. The Morgan fingerprint density at radius 1 is 1.48 bits per heavy atom. The first kappa shape index (κ1) is 15.5. The molecule has 0 bridgehead atoms. The molecule has 6 nitrogen and oxygen atoms in total. The third kappa shape index (κ3) is 3.25. The highest BCUT2D eigenvalue weighted by atomic mass is 16.2. The van der Waals surface area contributed by atoms with Crippen molar-refractivity contribution in [3.8, 4) is 0 Å². The van der Waals surface area contributed by atoms with E-state index < -0.39 is 11.9 Å². The van der Waals surface area contributed by atoms with Crippen LogP contribution in [0.3, 0.4) is 0 Å². The molecule has 6 heteroatoms. The average molecular weight is 292 g/mol. The van der Waals surface area contributed by atoms with Crippen molar-refractivity contribution in [3.05, 3.63) is 17.5 Å². The second-order valence-corrected chi connectivity index (χ2v) is 6.11. The van der Waals surface area contributed by atoms with Crippen LogP contribution in [0.2, 0.25) is 0 Å². The number of aryl methyl sites for hydroxylation is 1. The smallest absolute Gasteiger partial charge is 0.258 e. The number of hydrogen-bond acceptors (Lipinski definition) is 3. The Morgan fingerprint density at radius 3 is 2.81 bits per heavy atom. The van der Waals surface area contributed by atoms with Gasteiger partial charge in [-0.2, -0.15) is 5.10 Å². The molecule has 1 saturated heterocycles. The number of amides is 2. The maximum Gasteiger partial charge on any atom is 0.258 e. The van der Waals surface area contributed by atoms with Gasteiger partial charge in [0.25, 0.3) is 5.91 Å². The van der Waals surface area contributed by atoms with Crippen LogP contribution in [0.4, 0.5) is 0 Å². The second-order valence-electron chi connectivity index (χ2n) is 6.11. The van der Waals surface area contributed by atoms with Crippen molar-refractivity contribution in [2.24, 2.45) is 11.7 Å². The van der Waals surface area contributed by atoms with E-state index in [9.17, 15) is 9.59 Å². The highest BCUT2D eigenvalue weighted by Crippen LogP contribution is 2.21. The number of nitrogens with zero attached hydrogens (tertiary/aromatic N) is 3. The van der Waals surface area contributed by atoms with Crippen molar-refractivity contribution in [1.29, 1.82) is 0 Å². The molecule has 0 aliphatic carbocycles. The molecule has 2 rings (SSSR count). The summed E-state index contributed by atoms with van der Waals surface area (Å²) in [7, 11) is 0. The highest BCUT2D eigenvalue weighted by Gasteiger charge is 2.34. The number of primary amides is 1. The molecule has 1 fully saturated rings. The quantitative estimate of drug-likeness (QED) is 0.889. The number of nitrogens with two attached hydrogens (primary N) is 1. The minimum atomic E-state index is -0.476. The summed E-state index contributed by atoms with van der Waals surface area (Å²) in [6.45, 7) is 7.61. The second kappa shape index (κ2) is 6.28. The van der Waals surface area contributed by atoms with Crippen LogP contribution in [0.5, 0.6) is 0 Å². The summed E-state index contributed by atoms with van der Waals surface area (Å²) >= 11 is 0. The fourth-order valence-electron chi connectivity index (χ4n) is 2.72. The Kier molecular flexibility index (Phi) is 4.65. The Hall–Kier alpha value is -1.85. The van der Waals surface area contributed by atoms with Crippen LogP contribution in [-0.2, 0) is 11.3 Å². The fourth-order valence-corrected chi connectivity index (χ4v) is 2.72. The van der Waals surface area contributed by atoms with Crippen LogP contribution in [0.25, 0.3) is 0 Å². The summed E-state index contributed by atoms with van der Waals surface area (Å²) in [6, 6.07) is -0.476. The molecule has 1 aliphatic heterocycles. The summed E-state index contributed by atoms with van der Waals surface area (Å²) in [4.78, 5) is 25.6. The molecule has 0 spiro atoms.